The highest BCUT2D eigenvalue weighted by Crippen LogP contribution is 2.18. The van der Waals surface area contributed by atoms with Gasteiger partial charge < -0.3 is 10.2 Å². The molecule has 1 aromatic heterocycles. The lowest BCUT2D eigenvalue weighted by atomic mass is 10.1. The Morgan fingerprint density at radius 3 is 2.92 bits per heavy atom. The largest absolute Gasteiger partial charge is 0.348 e. The summed E-state index contributed by atoms with van der Waals surface area (Å²) >= 11 is 6.11. The Morgan fingerprint density at radius 2 is 2.16 bits per heavy atom. The molecule has 6 heteroatoms. The van der Waals surface area contributed by atoms with Crippen molar-refractivity contribution >= 4 is 29.5 Å². The van der Waals surface area contributed by atoms with E-state index in [0.29, 0.717) is 11.0 Å². The highest BCUT2D eigenvalue weighted by Gasteiger charge is 2.22. The summed E-state index contributed by atoms with van der Waals surface area (Å²) in [5.74, 6) is 0.615. The summed E-state index contributed by atoms with van der Waals surface area (Å²) < 4.78 is 0. The lowest BCUT2D eigenvalue weighted by molar-refractivity contribution is -0.117. The number of hydrogen-bond acceptors (Lipinski definition) is 4. The fourth-order valence-corrected chi connectivity index (χ4v) is 3.05. The predicted molar refractivity (Wildman–Crippen MR) is 101 cm³/mol. The van der Waals surface area contributed by atoms with Gasteiger partial charge in [-0.25, -0.2) is 9.97 Å². The molecule has 2 heterocycles. The first-order valence-corrected chi connectivity index (χ1v) is 8.76. The Bertz CT molecular complexity index is 763. The number of amides is 1. The molecule has 25 heavy (non-hydrogen) atoms. The molecule has 130 valence electrons. The van der Waals surface area contributed by atoms with Crippen LogP contribution in [0.4, 0.5) is 5.95 Å². The van der Waals surface area contributed by atoms with E-state index >= 15 is 0 Å². The van der Waals surface area contributed by atoms with Gasteiger partial charge in [-0.1, -0.05) is 23.7 Å². The highest BCUT2D eigenvalue weighted by atomic mass is 35.5. The van der Waals surface area contributed by atoms with E-state index in [0.717, 1.165) is 37.1 Å². The molecule has 1 atom stereocenters. The first kappa shape index (κ1) is 17.4. The number of benzene rings is 1. The Labute approximate surface area is 152 Å². The van der Waals surface area contributed by atoms with Crippen LogP contribution in [-0.4, -0.2) is 35.0 Å². The van der Waals surface area contributed by atoms with Gasteiger partial charge in [-0.3, -0.25) is 4.79 Å². The van der Waals surface area contributed by atoms with Crippen LogP contribution in [0, 0.1) is 6.92 Å². The number of carbonyl (C=O) groups excluding carboxylic acids is 1. The Kier molecular flexibility index (Phi) is 5.66. The number of aryl methyl sites for hydroxylation is 1. The molecule has 1 saturated heterocycles. The fourth-order valence-electron chi connectivity index (χ4n) is 2.87. The maximum absolute atomic E-state index is 12.2. The van der Waals surface area contributed by atoms with Crippen molar-refractivity contribution in [1.29, 1.82) is 0 Å². The molecular formula is C19H21ClN4O. The van der Waals surface area contributed by atoms with Gasteiger partial charge in [0.2, 0.25) is 11.9 Å². The lowest BCUT2D eigenvalue weighted by Gasteiger charge is -2.32. The van der Waals surface area contributed by atoms with Gasteiger partial charge in [-0.05, 0) is 49.1 Å². The van der Waals surface area contributed by atoms with Gasteiger partial charge in [0.25, 0.3) is 0 Å². The number of hydrogen-bond donors (Lipinski definition) is 1. The third-order valence-electron chi connectivity index (χ3n) is 4.23. The standard InChI is InChI=1S/C19H21ClN4O/c1-14-5-6-15(12-17(14)20)7-8-18(25)23-16-4-2-11-24(13-16)19-21-9-3-10-22-19/h3,5-10,12,16H,2,4,11,13H2,1H3,(H,23,25)/b8-7+. The first-order valence-electron chi connectivity index (χ1n) is 8.38. The van der Waals surface area contributed by atoms with Crippen LogP contribution in [-0.2, 0) is 4.79 Å². The van der Waals surface area contributed by atoms with Gasteiger partial charge in [0, 0.05) is 42.6 Å². The van der Waals surface area contributed by atoms with Crippen molar-refractivity contribution in [1.82, 2.24) is 15.3 Å². The van der Waals surface area contributed by atoms with Crippen molar-refractivity contribution in [3.8, 4) is 0 Å². The van der Waals surface area contributed by atoms with Crippen molar-refractivity contribution in [2.45, 2.75) is 25.8 Å². The molecule has 1 fully saturated rings. The van der Waals surface area contributed by atoms with Crippen LogP contribution in [0.15, 0.2) is 42.7 Å². The topological polar surface area (TPSA) is 58.1 Å². The number of carbonyl (C=O) groups is 1. The van der Waals surface area contributed by atoms with Crippen LogP contribution in [0.5, 0.6) is 0 Å². The number of nitrogens with one attached hydrogen (secondary N) is 1. The average molecular weight is 357 g/mol. The molecule has 3 rings (SSSR count). The minimum atomic E-state index is -0.0995. The van der Waals surface area contributed by atoms with Gasteiger partial charge in [-0.2, -0.15) is 0 Å². The maximum atomic E-state index is 12.2. The average Bonchev–Trinajstić information content (AvgIpc) is 2.64. The molecular weight excluding hydrogens is 336 g/mol. The molecule has 1 amide bonds. The van der Waals surface area contributed by atoms with Crippen molar-refractivity contribution in [2.75, 3.05) is 18.0 Å². The molecule has 1 aliphatic heterocycles. The molecule has 2 aromatic rings. The molecule has 5 nitrogen and oxygen atoms in total. The minimum absolute atomic E-state index is 0.0938. The van der Waals surface area contributed by atoms with E-state index in [1.807, 2.05) is 25.1 Å². The smallest absolute Gasteiger partial charge is 0.244 e. The third-order valence-corrected chi connectivity index (χ3v) is 4.63. The number of aromatic nitrogens is 2. The number of nitrogens with zero attached hydrogens (tertiary/aromatic N) is 3. The van der Waals surface area contributed by atoms with Crippen LogP contribution in [0.2, 0.25) is 5.02 Å². The van der Waals surface area contributed by atoms with E-state index in [-0.39, 0.29) is 11.9 Å². The van der Waals surface area contributed by atoms with Crippen molar-refractivity contribution in [3.63, 3.8) is 0 Å². The first-order chi connectivity index (χ1) is 12.1. The van der Waals surface area contributed by atoms with E-state index < -0.39 is 0 Å². The normalized spacial score (nSPS) is 17.7. The van der Waals surface area contributed by atoms with Gasteiger partial charge >= 0.3 is 0 Å². The highest BCUT2D eigenvalue weighted by molar-refractivity contribution is 6.31. The summed E-state index contributed by atoms with van der Waals surface area (Å²) in [6.45, 7) is 3.59. The van der Waals surface area contributed by atoms with E-state index in [4.69, 9.17) is 11.6 Å². The van der Waals surface area contributed by atoms with Crippen LogP contribution in [0.25, 0.3) is 6.08 Å². The second kappa shape index (κ2) is 8.12. The van der Waals surface area contributed by atoms with Crippen LogP contribution >= 0.6 is 11.6 Å². The van der Waals surface area contributed by atoms with Gasteiger partial charge in [-0.15, -0.1) is 0 Å². The second-order valence-corrected chi connectivity index (χ2v) is 6.59. The number of rotatable bonds is 4. The molecule has 0 saturated carbocycles. The lowest BCUT2D eigenvalue weighted by Crippen LogP contribution is -2.47. The summed E-state index contributed by atoms with van der Waals surface area (Å²) in [6, 6.07) is 7.64. The Hall–Kier alpha value is -2.40. The number of anilines is 1. The van der Waals surface area contributed by atoms with Crippen molar-refractivity contribution < 1.29 is 4.79 Å². The molecule has 1 aromatic carbocycles. The molecule has 0 radical (unpaired) electrons. The third kappa shape index (κ3) is 4.79. The monoisotopic (exact) mass is 356 g/mol. The Morgan fingerprint density at radius 1 is 1.36 bits per heavy atom. The van der Waals surface area contributed by atoms with E-state index in [2.05, 4.69) is 20.2 Å². The zero-order valence-corrected chi connectivity index (χ0v) is 14.9. The van der Waals surface area contributed by atoms with Crippen LogP contribution in [0.3, 0.4) is 0 Å². The van der Waals surface area contributed by atoms with Crippen molar-refractivity contribution in [3.05, 3.63) is 58.9 Å². The number of halogens is 1. The molecule has 1 unspecified atom stereocenters. The van der Waals surface area contributed by atoms with E-state index in [1.54, 1.807) is 30.6 Å². The quantitative estimate of drug-likeness (QED) is 0.854. The maximum Gasteiger partial charge on any atom is 0.244 e. The molecule has 0 bridgehead atoms. The van der Waals surface area contributed by atoms with Crippen LogP contribution < -0.4 is 10.2 Å². The predicted octanol–water partition coefficient (Wildman–Crippen LogP) is 3.24. The van der Waals surface area contributed by atoms with Gasteiger partial charge in [0.1, 0.15) is 0 Å². The van der Waals surface area contributed by atoms with Crippen LogP contribution in [0.1, 0.15) is 24.0 Å². The fraction of sp³-hybridized carbons (Fsp3) is 0.316. The zero-order chi connectivity index (χ0) is 17.6. The molecule has 1 aliphatic rings. The number of piperidine rings is 1. The van der Waals surface area contributed by atoms with Crippen molar-refractivity contribution in [2.24, 2.45) is 0 Å². The van der Waals surface area contributed by atoms with Gasteiger partial charge in [0.15, 0.2) is 0 Å². The summed E-state index contributed by atoms with van der Waals surface area (Å²) in [7, 11) is 0. The van der Waals surface area contributed by atoms with E-state index in [9.17, 15) is 4.79 Å². The summed E-state index contributed by atoms with van der Waals surface area (Å²) in [4.78, 5) is 22.9. The molecule has 1 N–H and O–H groups in total. The molecule has 0 spiro atoms. The summed E-state index contributed by atoms with van der Waals surface area (Å²) in [5.41, 5.74) is 1.93. The minimum Gasteiger partial charge on any atom is -0.348 e. The zero-order valence-electron chi connectivity index (χ0n) is 14.2. The SMILES string of the molecule is Cc1ccc(/C=C/C(=O)NC2CCCN(c3ncccn3)C2)cc1Cl. The molecule has 0 aliphatic carbocycles. The van der Waals surface area contributed by atoms with E-state index in [1.165, 1.54) is 0 Å². The summed E-state index contributed by atoms with van der Waals surface area (Å²) in [6.07, 6.45) is 8.76. The summed E-state index contributed by atoms with van der Waals surface area (Å²) in [5, 5.41) is 3.76. The van der Waals surface area contributed by atoms with Gasteiger partial charge in [0.05, 0.1) is 0 Å². The second-order valence-electron chi connectivity index (χ2n) is 6.18. The Balaban J connectivity index is 1.57.